The standard InChI is InChI=1S/C19H16F3NO3/c1-3-25-15-10-6-13(7-11-15)17-16(23-18(26-17)19(20,21)22)12-4-8-14(24-2)9-5-12/h4-11H,3H2,1-2H3. The molecule has 136 valence electrons. The lowest BCUT2D eigenvalue weighted by Crippen LogP contribution is -2.04. The van der Waals surface area contributed by atoms with Gasteiger partial charge in [0.2, 0.25) is 0 Å². The third-order valence-corrected chi connectivity index (χ3v) is 3.66. The number of hydrogen-bond acceptors (Lipinski definition) is 4. The van der Waals surface area contributed by atoms with Gasteiger partial charge >= 0.3 is 12.1 Å². The van der Waals surface area contributed by atoms with Crippen molar-refractivity contribution in [3.8, 4) is 34.1 Å². The number of ether oxygens (including phenoxy) is 2. The maximum absolute atomic E-state index is 13.1. The van der Waals surface area contributed by atoms with Gasteiger partial charge in [-0.3, -0.25) is 0 Å². The molecule has 0 amide bonds. The van der Waals surface area contributed by atoms with Crippen molar-refractivity contribution in [2.45, 2.75) is 13.1 Å². The molecule has 0 fully saturated rings. The minimum Gasteiger partial charge on any atom is -0.497 e. The summed E-state index contributed by atoms with van der Waals surface area (Å²) in [5.74, 6) is -0.0218. The normalized spacial score (nSPS) is 11.4. The second kappa shape index (κ2) is 7.11. The summed E-state index contributed by atoms with van der Waals surface area (Å²) in [5.41, 5.74) is 1.08. The van der Waals surface area contributed by atoms with Gasteiger partial charge < -0.3 is 13.9 Å². The average molecular weight is 363 g/mol. The maximum atomic E-state index is 13.1. The molecule has 1 heterocycles. The number of rotatable bonds is 5. The molecule has 0 radical (unpaired) electrons. The molecule has 3 rings (SSSR count). The van der Waals surface area contributed by atoms with Crippen LogP contribution in [0.15, 0.2) is 52.9 Å². The third-order valence-electron chi connectivity index (χ3n) is 3.66. The first-order chi connectivity index (χ1) is 12.4. The molecule has 0 atom stereocenters. The minimum atomic E-state index is -4.68. The topological polar surface area (TPSA) is 44.5 Å². The first-order valence-electron chi connectivity index (χ1n) is 7.88. The van der Waals surface area contributed by atoms with E-state index in [4.69, 9.17) is 13.9 Å². The number of hydrogen-bond donors (Lipinski definition) is 0. The Hall–Kier alpha value is -2.96. The molecule has 4 nitrogen and oxygen atoms in total. The fraction of sp³-hybridized carbons (Fsp3) is 0.211. The Balaban J connectivity index is 2.08. The molecule has 1 aromatic heterocycles. The van der Waals surface area contributed by atoms with Gasteiger partial charge in [0, 0.05) is 11.1 Å². The second-order valence-corrected chi connectivity index (χ2v) is 5.38. The molecule has 0 saturated heterocycles. The van der Waals surface area contributed by atoms with Gasteiger partial charge in [-0.05, 0) is 55.5 Å². The van der Waals surface area contributed by atoms with E-state index in [1.54, 1.807) is 48.5 Å². The van der Waals surface area contributed by atoms with Gasteiger partial charge in [0.15, 0.2) is 5.76 Å². The molecule has 2 aromatic carbocycles. The summed E-state index contributed by atoms with van der Waals surface area (Å²) in [6.45, 7) is 2.35. The summed E-state index contributed by atoms with van der Waals surface area (Å²) in [5, 5.41) is 0. The van der Waals surface area contributed by atoms with E-state index in [0.717, 1.165) is 0 Å². The molecule has 0 bridgehead atoms. The Morgan fingerprint density at radius 3 is 2.04 bits per heavy atom. The fourth-order valence-electron chi connectivity index (χ4n) is 2.45. The summed E-state index contributed by atoms with van der Waals surface area (Å²) in [4.78, 5) is 3.68. The van der Waals surface area contributed by atoms with E-state index in [1.165, 1.54) is 7.11 Å². The molecule has 0 unspecified atom stereocenters. The first-order valence-corrected chi connectivity index (χ1v) is 7.88. The summed E-state index contributed by atoms with van der Waals surface area (Å²) >= 11 is 0. The van der Waals surface area contributed by atoms with Gasteiger partial charge in [0.1, 0.15) is 17.2 Å². The largest absolute Gasteiger partial charge is 0.497 e. The lowest BCUT2D eigenvalue weighted by Gasteiger charge is -2.05. The van der Waals surface area contributed by atoms with Crippen molar-refractivity contribution in [3.05, 3.63) is 54.4 Å². The van der Waals surface area contributed by atoms with Crippen molar-refractivity contribution in [2.24, 2.45) is 0 Å². The van der Waals surface area contributed by atoms with Crippen molar-refractivity contribution in [1.82, 2.24) is 4.98 Å². The van der Waals surface area contributed by atoms with Gasteiger partial charge in [-0.25, -0.2) is 4.98 Å². The number of aromatic nitrogens is 1. The number of nitrogens with zero attached hydrogens (tertiary/aromatic N) is 1. The van der Waals surface area contributed by atoms with Crippen molar-refractivity contribution >= 4 is 0 Å². The zero-order chi connectivity index (χ0) is 18.7. The van der Waals surface area contributed by atoms with E-state index in [9.17, 15) is 13.2 Å². The van der Waals surface area contributed by atoms with Gasteiger partial charge in [-0.2, -0.15) is 13.2 Å². The Labute approximate surface area is 148 Å². The SMILES string of the molecule is CCOc1ccc(-c2oc(C(F)(F)F)nc2-c2ccc(OC)cc2)cc1. The van der Waals surface area contributed by atoms with Crippen molar-refractivity contribution in [1.29, 1.82) is 0 Å². The van der Waals surface area contributed by atoms with Gasteiger partial charge in [0.05, 0.1) is 13.7 Å². The average Bonchev–Trinajstić information content (AvgIpc) is 3.08. The molecular weight excluding hydrogens is 347 g/mol. The number of oxazole rings is 1. The second-order valence-electron chi connectivity index (χ2n) is 5.38. The van der Waals surface area contributed by atoms with Crippen LogP contribution < -0.4 is 9.47 Å². The van der Waals surface area contributed by atoms with Gasteiger partial charge in [-0.15, -0.1) is 0 Å². The van der Waals surface area contributed by atoms with Crippen LogP contribution in [0.2, 0.25) is 0 Å². The molecule has 3 aromatic rings. The zero-order valence-electron chi connectivity index (χ0n) is 14.1. The number of halogens is 3. The van der Waals surface area contributed by atoms with E-state index in [2.05, 4.69) is 4.98 Å². The molecular formula is C19H16F3NO3. The number of methoxy groups -OCH3 is 1. The Morgan fingerprint density at radius 1 is 0.923 bits per heavy atom. The predicted octanol–water partition coefficient (Wildman–Crippen LogP) is 5.43. The quantitative estimate of drug-likeness (QED) is 0.606. The van der Waals surface area contributed by atoms with Gasteiger partial charge in [0.25, 0.3) is 0 Å². The highest BCUT2D eigenvalue weighted by Gasteiger charge is 2.39. The summed E-state index contributed by atoms with van der Waals surface area (Å²) in [6.07, 6.45) is -4.68. The van der Waals surface area contributed by atoms with Crippen LogP contribution in [0.5, 0.6) is 11.5 Å². The molecule has 26 heavy (non-hydrogen) atoms. The van der Waals surface area contributed by atoms with E-state index in [1.807, 2.05) is 6.92 Å². The zero-order valence-corrected chi connectivity index (χ0v) is 14.1. The monoisotopic (exact) mass is 363 g/mol. The highest BCUT2D eigenvalue weighted by Crippen LogP contribution is 2.39. The van der Waals surface area contributed by atoms with Crippen LogP contribution in [0.25, 0.3) is 22.6 Å². The van der Waals surface area contributed by atoms with E-state index < -0.39 is 12.1 Å². The molecule has 0 spiro atoms. The highest BCUT2D eigenvalue weighted by molar-refractivity contribution is 5.77. The van der Waals surface area contributed by atoms with Crippen LogP contribution in [-0.2, 0) is 6.18 Å². The van der Waals surface area contributed by atoms with Crippen LogP contribution in [0, 0.1) is 0 Å². The molecule has 0 aliphatic heterocycles. The molecule has 0 aliphatic rings. The highest BCUT2D eigenvalue weighted by atomic mass is 19.4. The Kier molecular flexibility index (Phi) is 4.88. The molecule has 0 aliphatic carbocycles. The van der Waals surface area contributed by atoms with E-state index >= 15 is 0 Å². The summed E-state index contributed by atoms with van der Waals surface area (Å²) in [6, 6.07) is 13.2. The number of benzene rings is 2. The lowest BCUT2D eigenvalue weighted by atomic mass is 10.1. The van der Waals surface area contributed by atoms with Crippen LogP contribution in [-0.4, -0.2) is 18.7 Å². The van der Waals surface area contributed by atoms with E-state index in [-0.39, 0.29) is 11.5 Å². The van der Waals surface area contributed by atoms with Crippen LogP contribution in [0.4, 0.5) is 13.2 Å². The summed E-state index contributed by atoms with van der Waals surface area (Å²) < 4.78 is 54.8. The number of alkyl halides is 3. The van der Waals surface area contributed by atoms with Crippen LogP contribution >= 0.6 is 0 Å². The molecule has 7 heteroatoms. The fourth-order valence-corrected chi connectivity index (χ4v) is 2.45. The Bertz CT molecular complexity index is 869. The maximum Gasteiger partial charge on any atom is 0.468 e. The third kappa shape index (κ3) is 3.66. The van der Waals surface area contributed by atoms with Crippen LogP contribution in [0.1, 0.15) is 12.8 Å². The summed E-state index contributed by atoms with van der Waals surface area (Å²) in [7, 11) is 1.51. The van der Waals surface area contributed by atoms with Crippen molar-refractivity contribution in [3.63, 3.8) is 0 Å². The minimum absolute atomic E-state index is 0.0468. The lowest BCUT2D eigenvalue weighted by molar-refractivity contribution is -0.156. The smallest absolute Gasteiger partial charge is 0.468 e. The molecule has 0 N–H and O–H groups in total. The first kappa shape index (κ1) is 17.8. The van der Waals surface area contributed by atoms with Crippen molar-refractivity contribution < 1.29 is 27.1 Å². The Morgan fingerprint density at radius 2 is 1.50 bits per heavy atom. The van der Waals surface area contributed by atoms with E-state index in [0.29, 0.717) is 29.2 Å². The van der Waals surface area contributed by atoms with Gasteiger partial charge in [-0.1, -0.05) is 0 Å². The van der Waals surface area contributed by atoms with Crippen molar-refractivity contribution in [2.75, 3.05) is 13.7 Å². The molecule has 0 saturated carbocycles. The predicted molar refractivity (Wildman–Crippen MR) is 90.1 cm³/mol. The van der Waals surface area contributed by atoms with Crippen LogP contribution in [0.3, 0.4) is 0 Å².